The molecule has 0 spiro atoms. The topological polar surface area (TPSA) is 15.3 Å². The van der Waals surface area contributed by atoms with Crippen LogP contribution in [0.25, 0.3) is 0 Å². The molecule has 0 heterocycles. The van der Waals surface area contributed by atoms with Crippen molar-refractivity contribution in [3.05, 3.63) is 0 Å². The van der Waals surface area contributed by atoms with Gasteiger partial charge in [0.1, 0.15) is 0 Å². The molecule has 0 aliphatic heterocycles. The summed E-state index contributed by atoms with van der Waals surface area (Å²) in [5.74, 6) is 1.52. The van der Waals surface area contributed by atoms with Gasteiger partial charge in [0.15, 0.2) is 0 Å². The molecule has 0 aromatic carbocycles. The zero-order chi connectivity index (χ0) is 13.3. The van der Waals surface area contributed by atoms with Gasteiger partial charge in [0.05, 0.1) is 0 Å². The van der Waals surface area contributed by atoms with Gasteiger partial charge in [0, 0.05) is 25.7 Å². The van der Waals surface area contributed by atoms with E-state index in [0.717, 1.165) is 24.9 Å². The molecular weight excluding hydrogens is 208 g/mol. The molecule has 0 bridgehead atoms. The van der Waals surface area contributed by atoms with E-state index in [0.29, 0.717) is 6.04 Å². The fraction of sp³-hybridized carbons (Fsp3) is 1.00. The standard InChI is InChI=1S/C15H34N2/c1-7-9-15(10-16-8-2)17(11-13(3)4)12-14(5)6/h13-16H,7-12H2,1-6H3. The molecule has 0 saturated heterocycles. The van der Waals surface area contributed by atoms with Crippen molar-refractivity contribution in [2.45, 2.75) is 60.4 Å². The monoisotopic (exact) mass is 242 g/mol. The normalized spacial score (nSPS) is 13.9. The molecule has 0 aliphatic rings. The minimum atomic E-state index is 0.713. The molecule has 0 aliphatic carbocycles. The molecule has 2 nitrogen and oxygen atoms in total. The Hall–Kier alpha value is -0.0800. The highest BCUT2D eigenvalue weighted by Gasteiger charge is 2.19. The van der Waals surface area contributed by atoms with Gasteiger partial charge >= 0.3 is 0 Å². The number of likely N-dealkylation sites (N-methyl/N-ethyl adjacent to an activating group) is 1. The first-order valence-corrected chi connectivity index (χ1v) is 7.45. The molecule has 0 amide bonds. The zero-order valence-corrected chi connectivity index (χ0v) is 12.9. The van der Waals surface area contributed by atoms with E-state index in [2.05, 4.69) is 51.8 Å². The Morgan fingerprint density at radius 2 is 1.47 bits per heavy atom. The van der Waals surface area contributed by atoms with Crippen LogP contribution in [0.15, 0.2) is 0 Å². The second-order valence-electron chi connectivity index (χ2n) is 5.99. The highest BCUT2D eigenvalue weighted by atomic mass is 15.2. The van der Waals surface area contributed by atoms with Crippen molar-refractivity contribution in [2.75, 3.05) is 26.2 Å². The number of hydrogen-bond donors (Lipinski definition) is 1. The maximum Gasteiger partial charge on any atom is 0.0220 e. The van der Waals surface area contributed by atoms with Gasteiger partial charge in [-0.25, -0.2) is 0 Å². The summed E-state index contributed by atoms with van der Waals surface area (Å²) in [6, 6.07) is 0.713. The maximum absolute atomic E-state index is 3.52. The zero-order valence-electron chi connectivity index (χ0n) is 12.9. The Morgan fingerprint density at radius 3 is 1.82 bits per heavy atom. The summed E-state index contributed by atoms with van der Waals surface area (Å²) in [6.45, 7) is 18.5. The summed E-state index contributed by atoms with van der Waals surface area (Å²) in [5, 5.41) is 3.52. The number of hydrogen-bond acceptors (Lipinski definition) is 2. The van der Waals surface area contributed by atoms with E-state index in [9.17, 15) is 0 Å². The fourth-order valence-corrected chi connectivity index (χ4v) is 2.37. The summed E-state index contributed by atoms with van der Waals surface area (Å²) < 4.78 is 0. The minimum absolute atomic E-state index is 0.713. The molecule has 0 aromatic heterocycles. The Morgan fingerprint density at radius 1 is 0.941 bits per heavy atom. The molecule has 2 heteroatoms. The van der Waals surface area contributed by atoms with Crippen LogP contribution < -0.4 is 5.32 Å². The van der Waals surface area contributed by atoms with Gasteiger partial charge in [-0.3, -0.25) is 4.90 Å². The Balaban J connectivity index is 4.42. The summed E-state index contributed by atoms with van der Waals surface area (Å²) >= 11 is 0. The average Bonchev–Trinajstić information content (AvgIpc) is 2.22. The lowest BCUT2D eigenvalue weighted by molar-refractivity contribution is 0.145. The predicted octanol–water partition coefficient (Wildman–Crippen LogP) is 3.38. The van der Waals surface area contributed by atoms with Gasteiger partial charge in [0.2, 0.25) is 0 Å². The van der Waals surface area contributed by atoms with Crippen LogP contribution in [0.4, 0.5) is 0 Å². The molecule has 0 rings (SSSR count). The quantitative estimate of drug-likeness (QED) is 0.632. The molecule has 0 aromatic rings. The van der Waals surface area contributed by atoms with Crippen LogP contribution in [0.2, 0.25) is 0 Å². The number of nitrogens with zero attached hydrogens (tertiary/aromatic N) is 1. The van der Waals surface area contributed by atoms with Crippen molar-refractivity contribution in [2.24, 2.45) is 11.8 Å². The third-order valence-electron chi connectivity index (χ3n) is 2.97. The van der Waals surface area contributed by atoms with E-state index in [-0.39, 0.29) is 0 Å². The van der Waals surface area contributed by atoms with Gasteiger partial charge in [-0.15, -0.1) is 0 Å². The third kappa shape index (κ3) is 8.62. The van der Waals surface area contributed by atoms with Crippen molar-refractivity contribution < 1.29 is 0 Å². The number of rotatable bonds is 10. The highest BCUT2D eigenvalue weighted by molar-refractivity contribution is 4.75. The Kier molecular flexibility index (Phi) is 9.85. The van der Waals surface area contributed by atoms with E-state index in [4.69, 9.17) is 0 Å². The van der Waals surface area contributed by atoms with E-state index < -0.39 is 0 Å². The van der Waals surface area contributed by atoms with Crippen LogP contribution in [0, 0.1) is 11.8 Å². The minimum Gasteiger partial charge on any atom is -0.315 e. The van der Waals surface area contributed by atoms with E-state index in [1.165, 1.54) is 25.9 Å². The second-order valence-corrected chi connectivity index (χ2v) is 5.99. The highest BCUT2D eigenvalue weighted by Crippen LogP contribution is 2.12. The molecule has 1 atom stereocenters. The van der Waals surface area contributed by atoms with E-state index in [1.54, 1.807) is 0 Å². The van der Waals surface area contributed by atoms with Crippen LogP contribution in [-0.2, 0) is 0 Å². The van der Waals surface area contributed by atoms with E-state index in [1.807, 2.05) is 0 Å². The van der Waals surface area contributed by atoms with Crippen molar-refractivity contribution in [1.82, 2.24) is 10.2 Å². The average molecular weight is 242 g/mol. The number of nitrogens with one attached hydrogen (secondary N) is 1. The van der Waals surface area contributed by atoms with Gasteiger partial charge in [-0.05, 0) is 24.8 Å². The van der Waals surface area contributed by atoms with Gasteiger partial charge in [-0.1, -0.05) is 48.0 Å². The summed E-state index contributed by atoms with van der Waals surface area (Å²) in [5.41, 5.74) is 0. The van der Waals surface area contributed by atoms with Gasteiger partial charge in [0.25, 0.3) is 0 Å². The molecule has 0 radical (unpaired) electrons. The molecule has 0 saturated carbocycles. The van der Waals surface area contributed by atoms with Crippen molar-refractivity contribution in [3.8, 4) is 0 Å². The van der Waals surface area contributed by atoms with Crippen LogP contribution >= 0.6 is 0 Å². The largest absolute Gasteiger partial charge is 0.315 e. The van der Waals surface area contributed by atoms with E-state index >= 15 is 0 Å². The first-order valence-electron chi connectivity index (χ1n) is 7.45. The third-order valence-corrected chi connectivity index (χ3v) is 2.97. The lowest BCUT2D eigenvalue weighted by atomic mass is 10.0. The SMILES string of the molecule is CCCC(CNCC)N(CC(C)C)CC(C)C. The predicted molar refractivity (Wildman–Crippen MR) is 78.5 cm³/mol. The summed E-state index contributed by atoms with van der Waals surface area (Å²) in [7, 11) is 0. The van der Waals surface area contributed by atoms with Crippen molar-refractivity contribution >= 4 is 0 Å². The summed E-state index contributed by atoms with van der Waals surface area (Å²) in [4.78, 5) is 2.70. The first-order chi connectivity index (χ1) is 8.01. The lowest BCUT2D eigenvalue weighted by Crippen LogP contribution is -2.45. The van der Waals surface area contributed by atoms with Crippen LogP contribution in [0.1, 0.15) is 54.4 Å². The van der Waals surface area contributed by atoms with Gasteiger partial charge < -0.3 is 5.32 Å². The smallest absolute Gasteiger partial charge is 0.0220 e. The van der Waals surface area contributed by atoms with Crippen molar-refractivity contribution in [3.63, 3.8) is 0 Å². The fourth-order valence-electron chi connectivity index (χ4n) is 2.37. The molecule has 104 valence electrons. The summed E-state index contributed by atoms with van der Waals surface area (Å²) in [6.07, 6.45) is 2.59. The molecule has 0 fully saturated rings. The first kappa shape index (κ1) is 16.9. The van der Waals surface area contributed by atoms with Crippen LogP contribution in [0.3, 0.4) is 0 Å². The Labute approximate surface area is 109 Å². The molecule has 1 N–H and O–H groups in total. The Bertz CT molecular complexity index is 156. The molecular formula is C15H34N2. The van der Waals surface area contributed by atoms with Crippen LogP contribution in [0.5, 0.6) is 0 Å². The lowest BCUT2D eigenvalue weighted by Gasteiger charge is -2.34. The molecule has 1 unspecified atom stereocenters. The van der Waals surface area contributed by atoms with Crippen LogP contribution in [-0.4, -0.2) is 37.1 Å². The second kappa shape index (κ2) is 9.90. The van der Waals surface area contributed by atoms with Crippen molar-refractivity contribution in [1.29, 1.82) is 0 Å². The maximum atomic E-state index is 3.52. The van der Waals surface area contributed by atoms with Gasteiger partial charge in [-0.2, -0.15) is 0 Å². The molecule has 17 heavy (non-hydrogen) atoms.